The van der Waals surface area contributed by atoms with Crippen molar-refractivity contribution in [3.8, 4) is 0 Å². The maximum Gasteiger partial charge on any atom is 0.343 e. The first-order valence-electron chi connectivity index (χ1n) is 8.65. The summed E-state index contributed by atoms with van der Waals surface area (Å²) in [6.45, 7) is 7.74. The maximum atomic E-state index is 12.7. The van der Waals surface area contributed by atoms with Gasteiger partial charge in [0, 0.05) is 6.42 Å². The molecule has 4 nitrogen and oxygen atoms in total. The van der Waals surface area contributed by atoms with Gasteiger partial charge in [0.05, 0.1) is 0 Å². The number of ether oxygens (including phenoxy) is 2. The number of esters is 2. The van der Waals surface area contributed by atoms with Gasteiger partial charge in [0.15, 0.2) is 11.4 Å². The standard InChI is InChI=1S/C20H24O4/c1-5-15(21)23-18-17(16-13(3)10-12(2)11-14(16)4)19(22)24-20(18)8-6-7-9-20/h10-11H,5-9H2,1-4H3. The van der Waals surface area contributed by atoms with Crippen LogP contribution in [0, 0.1) is 20.8 Å². The summed E-state index contributed by atoms with van der Waals surface area (Å²) in [5, 5.41) is 0. The van der Waals surface area contributed by atoms with Crippen molar-refractivity contribution in [2.75, 3.05) is 0 Å². The van der Waals surface area contributed by atoms with Crippen molar-refractivity contribution >= 4 is 17.5 Å². The van der Waals surface area contributed by atoms with Crippen LogP contribution in [0.5, 0.6) is 0 Å². The summed E-state index contributed by atoms with van der Waals surface area (Å²) < 4.78 is 11.5. The Hall–Kier alpha value is -2.10. The van der Waals surface area contributed by atoms with Crippen molar-refractivity contribution < 1.29 is 19.1 Å². The van der Waals surface area contributed by atoms with Gasteiger partial charge < -0.3 is 9.47 Å². The van der Waals surface area contributed by atoms with Crippen LogP contribution in [-0.4, -0.2) is 17.5 Å². The molecule has 0 aromatic heterocycles. The first-order valence-corrected chi connectivity index (χ1v) is 8.65. The highest BCUT2D eigenvalue weighted by Crippen LogP contribution is 2.49. The fourth-order valence-electron chi connectivity index (χ4n) is 3.99. The lowest BCUT2D eigenvalue weighted by molar-refractivity contribution is -0.152. The summed E-state index contributed by atoms with van der Waals surface area (Å²) in [4.78, 5) is 24.7. The Balaban J connectivity index is 2.21. The number of benzene rings is 1. The molecule has 128 valence electrons. The van der Waals surface area contributed by atoms with Crippen molar-refractivity contribution in [3.05, 3.63) is 40.1 Å². The van der Waals surface area contributed by atoms with Crippen LogP contribution in [-0.2, 0) is 19.1 Å². The van der Waals surface area contributed by atoms with E-state index in [9.17, 15) is 9.59 Å². The molecule has 0 saturated heterocycles. The molecule has 24 heavy (non-hydrogen) atoms. The molecule has 1 saturated carbocycles. The topological polar surface area (TPSA) is 52.6 Å². The zero-order valence-corrected chi connectivity index (χ0v) is 14.8. The zero-order valence-electron chi connectivity index (χ0n) is 14.8. The zero-order chi connectivity index (χ0) is 17.5. The van der Waals surface area contributed by atoms with E-state index in [2.05, 4.69) is 0 Å². The largest absolute Gasteiger partial charge is 0.447 e. The molecule has 1 aliphatic heterocycles. The smallest absolute Gasteiger partial charge is 0.343 e. The van der Waals surface area contributed by atoms with Gasteiger partial charge in [-0.1, -0.05) is 24.6 Å². The van der Waals surface area contributed by atoms with Crippen LogP contribution in [0.3, 0.4) is 0 Å². The van der Waals surface area contributed by atoms with Gasteiger partial charge in [-0.05, 0) is 63.1 Å². The molecule has 0 N–H and O–H groups in total. The second-order valence-electron chi connectivity index (χ2n) is 6.90. The van der Waals surface area contributed by atoms with Crippen LogP contribution in [0.4, 0.5) is 0 Å². The molecule has 1 spiro atoms. The predicted molar refractivity (Wildman–Crippen MR) is 91.2 cm³/mol. The third-order valence-electron chi connectivity index (χ3n) is 4.98. The molecule has 1 aromatic rings. The fourth-order valence-corrected chi connectivity index (χ4v) is 3.99. The highest BCUT2D eigenvalue weighted by atomic mass is 16.6. The van der Waals surface area contributed by atoms with Gasteiger partial charge in [0.1, 0.15) is 5.57 Å². The van der Waals surface area contributed by atoms with E-state index in [1.807, 2.05) is 32.9 Å². The molecule has 1 aliphatic carbocycles. The molecular weight excluding hydrogens is 304 g/mol. The van der Waals surface area contributed by atoms with E-state index < -0.39 is 5.60 Å². The normalized spacial score (nSPS) is 19.1. The fraction of sp³-hybridized carbons (Fsp3) is 0.500. The highest BCUT2D eigenvalue weighted by molar-refractivity contribution is 6.20. The van der Waals surface area contributed by atoms with Gasteiger partial charge in [-0.3, -0.25) is 4.79 Å². The lowest BCUT2D eigenvalue weighted by Gasteiger charge is -2.24. The van der Waals surface area contributed by atoms with Crippen LogP contribution in [0.1, 0.15) is 61.3 Å². The van der Waals surface area contributed by atoms with Gasteiger partial charge in [0.25, 0.3) is 0 Å². The third kappa shape index (κ3) is 2.64. The SMILES string of the molecule is CCC(=O)OC1=C(c2c(C)cc(C)cc2C)C(=O)OC12CCCC2. The summed E-state index contributed by atoms with van der Waals surface area (Å²) in [5.41, 5.74) is 3.67. The minimum atomic E-state index is -0.749. The van der Waals surface area contributed by atoms with Gasteiger partial charge >= 0.3 is 11.9 Å². The highest BCUT2D eigenvalue weighted by Gasteiger charge is 2.52. The van der Waals surface area contributed by atoms with Crippen molar-refractivity contribution in [3.63, 3.8) is 0 Å². The minimum absolute atomic E-state index is 0.271. The molecule has 1 fully saturated rings. The average Bonchev–Trinajstić information content (AvgIpc) is 3.06. The van der Waals surface area contributed by atoms with E-state index in [1.54, 1.807) is 6.92 Å². The number of hydrogen-bond donors (Lipinski definition) is 0. The van der Waals surface area contributed by atoms with Gasteiger partial charge in [-0.25, -0.2) is 4.79 Å². The van der Waals surface area contributed by atoms with E-state index in [1.165, 1.54) is 0 Å². The molecule has 0 unspecified atom stereocenters. The van der Waals surface area contributed by atoms with Crippen LogP contribution in [0.2, 0.25) is 0 Å². The van der Waals surface area contributed by atoms with E-state index in [-0.39, 0.29) is 18.4 Å². The van der Waals surface area contributed by atoms with Gasteiger partial charge in [-0.2, -0.15) is 0 Å². The molecule has 4 heteroatoms. The Kier molecular flexibility index (Phi) is 4.24. The summed E-state index contributed by atoms with van der Waals surface area (Å²) in [6, 6.07) is 4.09. The first kappa shape index (κ1) is 16.7. The molecular formula is C20H24O4. The van der Waals surface area contributed by atoms with Crippen LogP contribution < -0.4 is 0 Å². The van der Waals surface area contributed by atoms with Crippen LogP contribution in [0.15, 0.2) is 17.9 Å². The minimum Gasteiger partial charge on any atom is -0.447 e. The van der Waals surface area contributed by atoms with E-state index in [0.29, 0.717) is 11.3 Å². The lowest BCUT2D eigenvalue weighted by Crippen LogP contribution is -2.30. The number of carbonyl (C=O) groups is 2. The molecule has 0 radical (unpaired) electrons. The van der Waals surface area contributed by atoms with Crippen LogP contribution >= 0.6 is 0 Å². The Labute approximate surface area is 142 Å². The molecule has 3 rings (SSSR count). The number of rotatable bonds is 3. The van der Waals surface area contributed by atoms with E-state index in [4.69, 9.17) is 9.47 Å². The molecule has 1 aromatic carbocycles. The van der Waals surface area contributed by atoms with Crippen molar-refractivity contribution in [1.82, 2.24) is 0 Å². The number of aryl methyl sites for hydroxylation is 3. The Morgan fingerprint density at radius 2 is 1.75 bits per heavy atom. The van der Waals surface area contributed by atoms with E-state index in [0.717, 1.165) is 47.9 Å². The van der Waals surface area contributed by atoms with Gasteiger partial charge in [-0.15, -0.1) is 0 Å². The Morgan fingerprint density at radius 3 is 2.29 bits per heavy atom. The quantitative estimate of drug-likeness (QED) is 0.782. The second-order valence-corrected chi connectivity index (χ2v) is 6.90. The van der Waals surface area contributed by atoms with E-state index >= 15 is 0 Å². The summed E-state index contributed by atoms with van der Waals surface area (Å²) in [5.74, 6) is -0.257. The lowest BCUT2D eigenvalue weighted by atomic mass is 9.90. The molecule has 0 bridgehead atoms. The predicted octanol–water partition coefficient (Wildman–Crippen LogP) is 4.15. The van der Waals surface area contributed by atoms with Gasteiger partial charge in [0.2, 0.25) is 0 Å². The van der Waals surface area contributed by atoms with Crippen LogP contribution in [0.25, 0.3) is 5.57 Å². The molecule has 1 heterocycles. The van der Waals surface area contributed by atoms with Crippen molar-refractivity contribution in [2.45, 2.75) is 65.4 Å². The molecule has 2 aliphatic rings. The Bertz CT molecular complexity index is 713. The van der Waals surface area contributed by atoms with Crippen molar-refractivity contribution in [2.24, 2.45) is 0 Å². The molecule has 0 amide bonds. The maximum absolute atomic E-state index is 12.7. The summed E-state index contributed by atoms with van der Waals surface area (Å²) in [6.07, 6.45) is 3.66. The number of carbonyl (C=O) groups excluding carboxylic acids is 2. The number of hydrogen-bond acceptors (Lipinski definition) is 4. The summed E-state index contributed by atoms with van der Waals surface area (Å²) in [7, 11) is 0. The summed E-state index contributed by atoms with van der Waals surface area (Å²) >= 11 is 0. The average molecular weight is 328 g/mol. The first-order chi connectivity index (χ1) is 11.4. The molecule has 0 atom stereocenters. The third-order valence-corrected chi connectivity index (χ3v) is 4.98. The second kappa shape index (κ2) is 6.08. The Morgan fingerprint density at radius 1 is 1.17 bits per heavy atom. The van der Waals surface area contributed by atoms with Crippen molar-refractivity contribution in [1.29, 1.82) is 0 Å². The monoisotopic (exact) mass is 328 g/mol.